The van der Waals surface area contributed by atoms with E-state index in [2.05, 4.69) is 172 Å². The first kappa shape index (κ1) is 63.5. The van der Waals surface area contributed by atoms with Gasteiger partial charge in [0.2, 0.25) is 0 Å². The third kappa shape index (κ3) is 12.7. The lowest BCUT2D eigenvalue weighted by atomic mass is 9.85. The molecule has 0 radical (unpaired) electrons. The standard InChI is InChI=1S/C88H86N2O6/c1-5-7-9-11-13-15-17-21-52-95-68-46-34-59(35-47-68)57-89-76-50-44-64-45-51-77-85(80(64)83(76)74-33-25-32-73(82(74)87(89)91)65-27-23-29-70(54-65)93-3)86-81-67(43-42-63-41-40-62-39-38-61-26-19-20-31-72(61)78(62)79(63)81)56-75(66-28-24-30-71(55-66)94-4)84(86)88(92)90(77)58-60-36-48-69(49-37-60)96-53-22-18-16-14-12-10-8-6-2/h19-20,23-51,54-56H,5-18,21-22,52-53,57-58H2,1-4H3. The Hall–Kier alpha value is -9.92. The van der Waals surface area contributed by atoms with Crippen molar-refractivity contribution in [2.45, 2.75) is 130 Å². The van der Waals surface area contributed by atoms with E-state index < -0.39 is 0 Å². The van der Waals surface area contributed by atoms with Crippen LogP contribution in [0.2, 0.25) is 0 Å². The lowest BCUT2D eigenvalue weighted by molar-refractivity contribution is 0.304. The van der Waals surface area contributed by atoms with E-state index >= 15 is 9.59 Å². The monoisotopic (exact) mass is 1270 g/mol. The molecule has 14 aromatic rings. The molecule has 2 aromatic heterocycles. The molecular weight excluding hydrogens is 1180 g/mol. The number of methoxy groups -OCH3 is 2. The van der Waals surface area contributed by atoms with Gasteiger partial charge in [0, 0.05) is 21.5 Å². The van der Waals surface area contributed by atoms with E-state index in [0.717, 1.165) is 157 Å². The van der Waals surface area contributed by atoms with Crippen LogP contribution in [-0.2, 0) is 13.1 Å². The molecular formula is C88H86N2O6. The lowest BCUT2D eigenvalue weighted by Crippen LogP contribution is -2.23. The quantitative estimate of drug-likeness (QED) is 0.0359. The molecule has 0 aliphatic heterocycles. The first-order valence-corrected chi connectivity index (χ1v) is 35.3. The van der Waals surface area contributed by atoms with Crippen molar-refractivity contribution in [2.75, 3.05) is 27.4 Å². The molecule has 0 fully saturated rings. The Bertz CT molecular complexity index is 5290. The number of hydrogen-bond acceptors (Lipinski definition) is 6. The van der Waals surface area contributed by atoms with Gasteiger partial charge >= 0.3 is 0 Å². The third-order valence-electron chi connectivity index (χ3n) is 20.0. The number of fused-ring (bicyclic) bond motifs is 17. The van der Waals surface area contributed by atoms with E-state index in [-0.39, 0.29) is 17.7 Å². The van der Waals surface area contributed by atoms with Crippen LogP contribution in [-0.4, -0.2) is 36.6 Å². The molecule has 0 saturated heterocycles. The molecule has 0 saturated carbocycles. The second kappa shape index (κ2) is 29.0. The van der Waals surface area contributed by atoms with Gasteiger partial charge in [0.15, 0.2) is 0 Å². The van der Waals surface area contributed by atoms with Gasteiger partial charge in [-0.3, -0.25) is 9.59 Å². The van der Waals surface area contributed by atoms with E-state index in [1.54, 1.807) is 14.2 Å². The average Bonchev–Trinajstić information content (AvgIpc) is 0.690. The van der Waals surface area contributed by atoms with Crippen LogP contribution >= 0.6 is 0 Å². The van der Waals surface area contributed by atoms with Gasteiger partial charge in [0.1, 0.15) is 23.0 Å². The summed E-state index contributed by atoms with van der Waals surface area (Å²) >= 11 is 0. The van der Waals surface area contributed by atoms with Gasteiger partial charge in [-0.15, -0.1) is 0 Å². The van der Waals surface area contributed by atoms with Crippen molar-refractivity contribution in [1.82, 2.24) is 9.13 Å². The van der Waals surface area contributed by atoms with Crippen LogP contribution in [0.25, 0.3) is 119 Å². The fourth-order valence-corrected chi connectivity index (χ4v) is 15.1. The summed E-state index contributed by atoms with van der Waals surface area (Å²) in [6.07, 6.45) is 19.8. The predicted molar refractivity (Wildman–Crippen MR) is 404 cm³/mol. The molecule has 0 aliphatic rings. The lowest BCUT2D eigenvalue weighted by Gasteiger charge is -2.22. The van der Waals surface area contributed by atoms with Crippen molar-refractivity contribution >= 4 is 97.2 Å². The first-order chi connectivity index (χ1) is 47.3. The van der Waals surface area contributed by atoms with Crippen LogP contribution in [0.15, 0.2) is 216 Å². The number of pyridine rings is 2. The van der Waals surface area contributed by atoms with Crippen molar-refractivity contribution in [2.24, 2.45) is 0 Å². The molecule has 8 heteroatoms. The predicted octanol–water partition coefficient (Wildman–Crippen LogP) is 22.9. The molecule has 12 aromatic carbocycles. The van der Waals surface area contributed by atoms with Crippen LogP contribution in [0.3, 0.4) is 0 Å². The molecule has 0 aliphatic carbocycles. The maximum atomic E-state index is 16.9. The zero-order valence-electron chi connectivity index (χ0n) is 56.1. The van der Waals surface area contributed by atoms with Gasteiger partial charge in [-0.05, 0) is 167 Å². The molecule has 484 valence electrons. The Morgan fingerprint density at radius 3 is 1.30 bits per heavy atom. The summed E-state index contributed by atoms with van der Waals surface area (Å²) in [4.78, 5) is 33.1. The zero-order chi connectivity index (χ0) is 65.5. The molecule has 2 heterocycles. The summed E-state index contributed by atoms with van der Waals surface area (Å²) in [6, 6.07) is 71.9. The van der Waals surface area contributed by atoms with Gasteiger partial charge in [-0.1, -0.05) is 243 Å². The summed E-state index contributed by atoms with van der Waals surface area (Å²) in [6.45, 7) is 6.43. The number of unbranched alkanes of at least 4 members (excludes halogenated alkanes) is 14. The average molecular weight is 1270 g/mol. The Labute approximate surface area is 562 Å². The molecule has 0 amide bonds. The van der Waals surface area contributed by atoms with Gasteiger partial charge in [0.25, 0.3) is 11.1 Å². The number of nitrogens with zero attached hydrogens (tertiary/aromatic N) is 2. The van der Waals surface area contributed by atoms with Gasteiger partial charge in [-0.25, -0.2) is 0 Å². The van der Waals surface area contributed by atoms with Crippen molar-refractivity contribution in [3.05, 3.63) is 238 Å². The summed E-state index contributed by atoms with van der Waals surface area (Å²) < 4.78 is 28.5. The smallest absolute Gasteiger partial charge is 0.259 e. The Morgan fingerprint density at radius 2 is 0.740 bits per heavy atom. The molecule has 0 bridgehead atoms. The van der Waals surface area contributed by atoms with E-state index in [0.29, 0.717) is 42.0 Å². The highest BCUT2D eigenvalue weighted by Gasteiger charge is 2.26. The number of aromatic nitrogens is 2. The number of hydrogen-bond donors (Lipinski definition) is 0. The normalized spacial score (nSPS) is 11.8. The molecule has 0 atom stereocenters. The van der Waals surface area contributed by atoms with Gasteiger partial charge in [-0.2, -0.15) is 0 Å². The summed E-state index contributed by atoms with van der Waals surface area (Å²) in [5.41, 5.74) is 6.63. The minimum absolute atomic E-state index is 0.104. The van der Waals surface area contributed by atoms with E-state index in [4.69, 9.17) is 18.9 Å². The Kier molecular flexibility index (Phi) is 19.2. The molecule has 8 nitrogen and oxygen atoms in total. The Morgan fingerprint density at radius 1 is 0.302 bits per heavy atom. The zero-order valence-corrected chi connectivity index (χ0v) is 56.1. The van der Waals surface area contributed by atoms with Crippen molar-refractivity contribution in [3.8, 4) is 45.3 Å². The van der Waals surface area contributed by atoms with Crippen molar-refractivity contribution in [3.63, 3.8) is 0 Å². The van der Waals surface area contributed by atoms with Crippen LogP contribution in [0.5, 0.6) is 23.0 Å². The fourth-order valence-electron chi connectivity index (χ4n) is 15.1. The maximum absolute atomic E-state index is 16.9. The first-order valence-electron chi connectivity index (χ1n) is 35.3. The fraction of sp³-hybridized carbons (Fsp3) is 0.273. The molecule has 14 rings (SSSR count). The van der Waals surface area contributed by atoms with Crippen molar-refractivity contribution in [1.29, 1.82) is 0 Å². The van der Waals surface area contributed by atoms with Gasteiger partial charge < -0.3 is 28.1 Å². The molecule has 96 heavy (non-hydrogen) atoms. The highest BCUT2D eigenvalue weighted by molar-refractivity contribution is 6.41. The number of rotatable bonds is 28. The minimum Gasteiger partial charge on any atom is -0.497 e. The van der Waals surface area contributed by atoms with Crippen LogP contribution in [0, 0.1) is 0 Å². The maximum Gasteiger partial charge on any atom is 0.259 e. The van der Waals surface area contributed by atoms with E-state index in [1.165, 1.54) is 77.0 Å². The Balaban J connectivity index is 1.04. The minimum atomic E-state index is -0.110. The summed E-state index contributed by atoms with van der Waals surface area (Å²) in [5, 5.41) is 15.3. The number of ether oxygens (including phenoxy) is 4. The SMILES string of the molecule is CCCCCCCCCCOc1ccc(Cn2c(=O)c3c(-c4cccc(OC)c4)cccc3c3c4c(ccc32)ccc2c4c3c(c(-c4cccc(OC)c4)cc4ccc5ccc6ccc7ccccc7c6c5c43)c(=O)n2Cc2ccc(OCCCCCCCCCC)cc2)cc1. The van der Waals surface area contributed by atoms with E-state index in [9.17, 15) is 0 Å². The van der Waals surface area contributed by atoms with Crippen LogP contribution in [0.4, 0.5) is 0 Å². The van der Waals surface area contributed by atoms with Crippen LogP contribution in [0.1, 0.15) is 128 Å². The topological polar surface area (TPSA) is 80.9 Å². The molecule has 0 unspecified atom stereocenters. The molecule has 0 N–H and O–H groups in total. The second-order valence-corrected chi connectivity index (χ2v) is 26.3. The molecule has 0 spiro atoms. The second-order valence-electron chi connectivity index (χ2n) is 26.3. The number of benzene rings is 12. The highest BCUT2D eigenvalue weighted by Crippen LogP contribution is 2.48. The third-order valence-corrected chi connectivity index (χ3v) is 20.0. The van der Waals surface area contributed by atoms with Gasteiger partial charge in [0.05, 0.1) is 62.3 Å². The summed E-state index contributed by atoms with van der Waals surface area (Å²) in [5.74, 6) is 3.03. The highest BCUT2D eigenvalue weighted by atomic mass is 16.5. The summed E-state index contributed by atoms with van der Waals surface area (Å²) in [7, 11) is 3.37. The van der Waals surface area contributed by atoms with E-state index in [1.807, 2.05) is 57.7 Å². The van der Waals surface area contributed by atoms with Crippen molar-refractivity contribution < 1.29 is 18.9 Å². The largest absolute Gasteiger partial charge is 0.497 e. The van der Waals surface area contributed by atoms with Crippen LogP contribution < -0.4 is 30.1 Å².